The molecule has 0 radical (unpaired) electrons. The van der Waals surface area contributed by atoms with Crippen molar-refractivity contribution >= 4 is 0 Å². The molecule has 0 aromatic heterocycles. The SMILES string of the molecule is CCCCCCCCNCCNCCNCCNCCNCCCNCCNCCNCCNCCNCCCNCCNCCNCCNCCNCCCCCCCC. The van der Waals surface area contributed by atoms with Gasteiger partial charge in [0.05, 0.1) is 0 Å². The van der Waals surface area contributed by atoms with Gasteiger partial charge in [0.15, 0.2) is 0 Å². The molecule has 0 aromatic rings. The Hall–Kier alpha value is -0.600. The molecule has 0 aliphatic carbocycles. The first kappa shape index (κ1) is 60.4. The second kappa shape index (κ2) is 59.4. The van der Waals surface area contributed by atoms with Gasteiger partial charge in [-0.25, -0.2) is 0 Å². The molecule has 0 rings (SSSR count). The molecule has 0 bridgehead atoms. The molecule has 0 amide bonds. The van der Waals surface area contributed by atoms with E-state index in [1.165, 1.54) is 77.0 Å². The van der Waals surface area contributed by atoms with Gasteiger partial charge in [-0.2, -0.15) is 0 Å². The second-order valence-corrected chi connectivity index (χ2v) is 16.5. The van der Waals surface area contributed by atoms with E-state index in [2.05, 4.69) is 93.6 Å². The number of hydrogen-bond donors (Lipinski definition) is 15. The Morgan fingerprint density at radius 1 is 0.131 bits per heavy atom. The minimum atomic E-state index is 1.01. The molecule has 0 unspecified atom stereocenters. The fourth-order valence-corrected chi connectivity index (χ4v) is 6.73. The summed E-state index contributed by atoms with van der Waals surface area (Å²) in [4.78, 5) is 0. The highest BCUT2D eigenvalue weighted by atomic mass is 15.0. The monoisotopic (exact) mass is 872 g/mol. The van der Waals surface area contributed by atoms with E-state index < -0.39 is 0 Å². The van der Waals surface area contributed by atoms with Crippen LogP contribution >= 0.6 is 0 Å². The quantitative estimate of drug-likeness (QED) is 0.0376. The molecule has 0 aliphatic heterocycles. The van der Waals surface area contributed by atoms with Crippen molar-refractivity contribution < 1.29 is 0 Å². The standard InChI is InChI=1S/C46H109N15/c1-3-5-7-9-11-13-17-47-23-29-53-35-41-59-43-37-55-31-25-49-19-15-21-51-27-33-57-39-45-61-46-40-58-34-28-52-22-16-20-50-26-32-56-38-44-60-42-36-54-30-24-48-18-14-12-10-8-6-4-2/h47-61H,3-46H2,1-2H3. The Morgan fingerprint density at radius 3 is 0.443 bits per heavy atom. The van der Waals surface area contributed by atoms with Crippen molar-refractivity contribution in [2.45, 2.75) is 104 Å². The van der Waals surface area contributed by atoms with Crippen LogP contribution in [0.5, 0.6) is 0 Å². The van der Waals surface area contributed by atoms with E-state index in [-0.39, 0.29) is 0 Å². The number of rotatable bonds is 58. The molecule has 368 valence electrons. The minimum absolute atomic E-state index is 1.01. The molecule has 0 saturated heterocycles. The van der Waals surface area contributed by atoms with Crippen LogP contribution in [0.25, 0.3) is 0 Å². The summed E-state index contributed by atoms with van der Waals surface area (Å²) >= 11 is 0. The normalized spacial score (nSPS) is 11.7. The van der Waals surface area contributed by atoms with Gasteiger partial charge in [-0.3, -0.25) is 0 Å². The molecule has 0 heterocycles. The zero-order valence-electron chi connectivity index (χ0n) is 40.6. The van der Waals surface area contributed by atoms with Crippen LogP contribution in [0, 0.1) is 0 Å². The first-order chi connectivity index (χ1) is 30.4. The average molecular weight is 872 g/mol. The predicted molar refractivity (Wildman–Crippen MR) is 269 cm³/mol. The minimum Gasteiger partial charge on any atom is -0.315 e. The average Bonchev–Trinajstić information content (AvgIpc) is 3.27. The Labute approximate surface area is 378 Å². The van der Waals surface area contributed by atoms with Crippen LogP contribution in [0.15, 0.2) is 0 Å². The number of unbranched alkanes of at least 4 members (excludes halogenated alkanes) is 10. The largest absolute Gasteiger partial charge is 0.315 e. The topological polar surface area (TPSA) is 180 Å². The van der Waals surface area contributed by atoms with Crippen LogP contribution in [-0.4, -0.2) is 196 Å². The van der Waals surface area contributed by atoms with Crippen LogP contribution in [0.1, 0.15) is 104 Å². The maximum Gasteiger partial charge on any atom is 0.00772 e. The zero-order chi connectivity index (χ0) is 43.7. The summed E-state index contributed by atoms with van der Waals surface area (Å²) in [5.41, 5.74) is 0. The third-order valence-corrected chi connectivity index (χ3v) is 10.6. The summed E-state index contributed by atoms with van der Waals surface area (Å²) < 4.78 is 0. The fourth-order valence-electron chi connectivity index (χ4n) is 6.73. The van der Waals surface area contributed by atoms with E-state index in [0.717, 1.165) is 209 Å². The highest BCUT2D eigenvalue weighted by Gasteiger charge is 1.96. The zero-order valence-corrected chi connectivity index (χ0v) is 40.6. The van der Waals surface area contributed by atoms with Crippen molar-refractivity contribution in [1.82, 2.24) is 79.8 Å². The molecule has 0 aliphatic rings. The van der Waals surface area contributed by atoms with E-state index >= 15 is 0 Å². The van der Waals surface area contributed by atoms with Crippen LogP contribution < -0.4 is 79.8 Å². The van der Waals surface area contributed by atoms with Gasteiger partial charge in [0.2, 0.25) is 0 Å². The van der Waals surface area contributed by atoms with Gasteiger partial charge in [0, 0.05) is 157 Å². The predicted octanol–water partition coefficient (Wildman–Crippen LogP) is 0.332. The Balaban J connectivity index is 3.06. The molecule has 15 heteroatoms. The molecule has 0 saturated carbocycles. The summed E-state index contributed by atoms with van der Waals surface area (Å²) in [6.07, 6.45) is 18.8. The summed E-state index contributed by atoms with van der Waals surface area (Å²) in [7, 11) is 0. The Morgan fingerprint density at radius 2 is 0.262 bits per heavy atom. The maximum absolute atomic E-state index is 3.55. The van der Waals surface area contributed by atoms with Gasteiger partial charge in [0.1, 0.15) is 0 Å². The van der Waals surface area contributed by atoms with Crippen molar-refractivity contribution in [2.24, 2.45) is 0 Å². The summed E-state index contributed by atoms with van der Waals surface area (Å²) in [6.45, 7) is 35.9. The van der Waals surface area contributed by atoms with Gasteiger partial charge in [-0.1, -0.05) is 78.1 Å². The summed E-state index contributed by atoms with van der Waals surface area (Å²) in [5, 5.41) is 52.9. The number of nitrogens with one attached hydrogen (secondary N) is 15. The smallest absolute Gasteiger partial charge is 0.00772 e. The van der Waals surface area contributed by atoms with Gasteiger partial charge in [-0.15, -0.1) is 0 Å². The van der Waals surface area contributed by atoms with Gasteiger partial charge >= 0.3 is 0 Å². The molecule has 15 N–H and O–H groups in total. The van der Waals surface area contributed by atoms with E-state index in [9.17, 15) is 0 Å². The van der Waals surface area contributed by atoms with Gasteiger partial charge in [0.25, 0.3) is 0 Å². The van der Waals surface area contributed by atoms with E-state index in [4.69, 9.17) is 0 Å². The molecule has 0 atom stereocenters. The highest BCUT2D eigenvalue weighted by Crippen LogP contribution is 2.04. The van der Waals surface area contributed by atoms with Gasteiger partial charge in [-0.05, 0) is 65.0 Å². The van der Waals surface area contributed by atoms with Crippen molar-refractivity contribution in [3.05, 3.63) is 0 Å². The lowest BCUT2D eigenvalue weighted by Crippen LogP contribution is -2.37. The van der Waals surface area contributed by atoms with Crippen LogP contribution in [0.4, 0.5) is 0 Å². The van der Waals surface area contributed by atoms with Crippen molar-refractivity contribution in [2.75, 3.05) is 196 Å². The molecule has 0 spiro atoms. The van der Waals surface area contributed by atoms with E-state index in [1.54, 1.807) is 0 Å². The third-order valence-electron chi connectivity index (χ3n) is 10.6. The Kier molecular flexibility index (Phi) is 58.8. The lowest BCUT2D eigenvalue weighted by atomic mass is 10.1. The lowest BCUT2D eigenvalue weighted by Gasteiger charge is -2.10. The molecule has 61 heavy (non-hydrogen) atoms. The second-order valence-electron chi connectivity index (χ2n) is 16.5. The van der Waals surface area contributed by atoms with Crippen LogP contribution in [0.3, 0.4) is 0 Å². The molecular formula is C46H109N15. The third kappa shape index (κ3) is 59.4. The maximum atomic E-state index is 3.55. The molecular weight excluding hydrogens is 763 g/mol. The van der Waals surface area contributed by atoms with Crippen molar-refractivity contribution in [3.8, 4) is 0 Å². The summed E-state index contributed by atoms with van der Waals surface area (Å²) in [5.74, 6) is 0. The first-order valence-electron chi connectivity index (χ1n) is 26.0. The summed E-state index contributed by atoms with van der Waals surface area (Å²) in [6, 6.07) is 0. The lowest BCUT2D eigenvalue weighted by molar-refractivity contribution is 0.534. The van der Waals surface area contributed by atoms with Crippen LogP contribution in [-0.2, 0) is 0 Å². The van der Waals surface area contributed by atoms with E-state index in [1.807, 2.05) is 0 Å². The van der Waals surface area contributed by atoms with Crippen LogP contribution in [0.2, 0.25) is 0 Å². The fraction of sp³-hybridized carbons (Fsp3) is 1.00. The van der Waals surface area contributed by atoms with Gasteiger partial charge < -0.3 is 79.8 Å². The van der Waals surface area contributed by atoms with E-state index in [0.29, 0.717) is 0 Å². The molecule has 15 nitrogen and oxygen atoms in total. The Bertz CT molecular complexity index is 685. The molecule has 0 fully saturated rings. The first-order valence-corrected chi connectivity index (χ1v) is 26.0. The van der Waals surface area contributed by atoms with Crippen molar-refractivity contribution in [3.63, 3.8) is 0 Å². The highest BCUT2D eigenvalue weighted by molar-refractivity contribution is 4.62. The number of hydrogen-bond acceptors (Lipinski definition) is 15. The van der Waals surface area contributed by atoms with Crippen molar-refractivity contribution in [1.29, 1.82) is 0 Å². The molecule has 0 aromatic carbocycles.